The second kappa shape index (κ2) is 7.28. The Morgan fingerprint density at radius 1 is 1.28 bits per heavy atom. The maximum atomic E-state index is 11.7. The van der Waals surface area contributed by atoms with Crippen LogP contribution in [0.2, 0.25) is 0 Å². The third kappa shape index (κ3) is 3.95. The van der Waals surface area contributed by atoms with Crippen LogP contribution in [0, 0.1) is 0 Å². The smallest absolute Gasteiger partial charge is 0.264 e. The molecule has 136 valence electrons. The van der Waals surface area contributed by atoms with Crippen molar-refractivity contribution in [3.8, 4) is 0 Å². The number of rotatable bonds is 5. The molecule has 0 bridgehead atoms. The van der Waals surface area contributed by atoms with Crippen molar-refractivity contribution in [2.45, 2.75) is 43.2 Å². The second-order valence-electron chi connectivity index (χ2n) is 5.97. The summed E-state index contributed by atoms with van der Waals surface area (Å²) in [6, 6.07) is 8.55. The van der Waals surface area contributed by atoms with Gasteiger partial charge in [-0.25, -0.2) is 0 Å². The number of ether oxygens (including phenoxy) is 3. The Morgan fingerprint density at radius 3 is 2.60 bits per heavy atom. The summed E-state index contributed by atoms with van der Waals surface area (Å²) in [6.07, 6.45) is -1.89. The molecule has 0 radical (unpaired) electrons. The van der Waals surface area contributed by atoms with E-state index in [-0.39, 0.29) is 6.10 Å². The summed E-state index contributed by atoms with van der Waals surface area (Å²) >= 11 is 0. The fourth-order valence-electron chi connectivity index (χ4n) is 3.27. The minimum atomic E-state index is -3.80. The lowest BCUT2D eigenvalue weighted by atomic mass is 9.96. The Bertz CT molecular complexity index is 752. The normalized spacial score (nSPS) is 35.0. The van der Waals surface area contributed by atoms with Crippen molar-refractivity contribution >= 4 is 10.1 Å². The predicted octanol–water partition coefficient (Wildman–Crippen LogP) is 1.91. The number of methoxy groups -OCH3 is 1. The van der Waals surface area contributed by atoms with Crippen LogP contribution in [0.15, 0.2) is 35.4 Å². The van der Waals surface area contributed by atoms with E-state index in [2.05, 4.69) is 10.0 Å². The highest BCUT2D eigenvalue weighted by Crippen LogP contribution is 2.42. The lowest BCUT2D eigenvalue weighted by Gasteiger charge is -2.40. The van der Waals surface area contributed by atoms with Crippen molar-refractivity contribution in [1.29, 1.82) is 0 Å². The molecule has 0 amide bonds. The summed E-state index contributed by atoms with van der Waals surface area (Å²) in [5, 5.41) is 3.62. The highest BCUT2D eigenvalue weighted by Gasteiger charge is 2.53. The van der Waals surface area contributed by atoms with Gasteiger partial charge >= 0.3 is 0 Å². The molecule has 2 aliphatic heterocycles. The maximum Gasteiger partial charge on any atom is 0.264 e. The molecule has 0 aliphatic carbocycles. The van der Waals surface area contributed by atoms with E-state index in [9.17, 15) is 8.42 Å². The van der Waals surface area contributed by atoms with E-state index in [1.807, 2.05) is 30.3 Å². The summed E-state index contributed by atoms with van der Waals surface area (Å²) in [7, 11) is -2.41. The average molecular weight is 369 g/mol. The van der Waals surface area contributed by atoms with Crippen LogP contribution in [0.25, 0.3) is 10.4 Å². The molecule has 1 aromatic rings. The van der Waals surface area contributed by atoms with Crippen LogP contribution in [0.5, 0.6) is 0 Å². The quantitative estimate of drug-likeness (QED) is 0.338. The zero-order valence-electron chi connectivity index (χ0n) is 13.8. The largest absolute Gasteiger partial charge is 0.365 e. The fourth-order valence-corrected chi connectivity index (χ4v) is 3.90. The molecule has 0 saturated carbocycles. The molecule has 2 saturated heterocycles. The zero-order chi connectivity index (χ0) is 18.0. The van der Waals surface area contributed by atoms with Gasteiger partial charge in [0.25, 0.3) is 10.1 Å². The summed E-state index contributed by atoms with van der Waals surface area (Å²) in [5.41, 5.74) is 9.77. The molecule has 9 nitrogen and oxygen atoms in total. The van der Waals surface area contributed by atoms with E-state index in [0.717, 1.165) is 11.8 Å². The van der Waals surface area contributed by atoms with Gasteiger partial charge in [0.15, 0.2) is 6.29 Å². The van der Waals surface area contributed by atoms with E-state index >= 15 is 0 Å². The van der Waals surface area contributed by atoms with E-state index in [4.69, 9.17) is 23.9 Å². The first-order valence-corrected chi connectivity index (χ1v) is 9.55. The molecule has 6 atom stereocenters. The van der Waals surface area contributed by atoms with Crippen LogP contribution in [0.4, 0.5) is 0 Å². The zero-order valence-corrected chi connectivity index (χ0v) is 14.6. The molecule has 2 fully saturated rings. The maximum absolute atomic E-state index is 11.7. The van der Waals surface area contributed by atoms with E-state index in [1.54, 1.807) is 0 Å². The van der Waals surface area contributed by atoms with Crippen molar-refractivity contribution in [2.24, 2.45) is 5.11 Å². The molecule has 1 aromatic carbocycles. The van der Waals surface area contributed by atoms with Crippen LogP contribution in [-0.2, 0) is 28.5 Å². The number of hydrogen-bond donors (Lipinski definition) is 0. The number of fused-ring (bicyclic) bond motifs is 1. The van der Waals surface area contributed by atoms with Crippen molar-refractivity contribution in [3.63, 3.8) is 0 Å². The lowest BCUT2D eigenvalue weighted by Crippen LogP contribution is -2.57. The summed E-state index contributed by atoms with van der Waals surface area (Å²) in [6.45, 7) is 0. The monoisotopic (exact) mass is 369 g/mol. The molecule has 10 heteroatoms. The molecule has 0 N–H and O–H groups in total. The lowest BCUT2D eigenvalue weighted by molar-refractivity contribution is -0.234. The van der Waals surface area contributed by atoms with Gasteiger partial charge in [0.1, 0.15) is 18.2 Å². The average Bonchev–Trinajstić information content (AvgIpc) is 3.00. The number of hydrogen-bond acceptors (Lipinski definition) is 7. The molecule has 2 aliphatic rings. The minimum absolute atomic E-state index is 0.274. The Hall–Kier alpha value is -1.68. The Balaban J connectivity index is 1.91. The minimum Gasteiger partial charge on any atom is -0.365 e. The molecule has 2 heterocycles. The topological polar surface area (TPSA) is 120 Å². The third-order valence-electron chi connectivity index (χ3n) is 4.26. The Kier molecular flexibility index (Phi) is 5.28. The first-order chi connectivity index (χ1) is 11.9. The summed E-state index contributed by atoms with van der Waals surface area (Å²) < 4.78 is 45.7. The fraction of sp³-hybridized carbons (Fsp3) is 0.600. The molecular formula is C15H19N3O6S. The van der Waals surface area contributed by atoms with Gasteiger partial charge in [-0.15, -0.1) is 0 Å². The van der Waals surface area contributed by atoms with Gasteiger partial charge in [0, 0.05) is 18.4 Å². The van der Waals surface area contributed by atoms with E-state index in [1.165, 1.54) is 7.11 Å². The van der Waals surface area contributed by atoms with Crippen LogP contribution < -0.4 is 0 Å². The van der Waals surface area contributed by atoms with Gasteiger partial charge in [-0.05, 0) is 11.1 Å². The number of nitrogens with zero attached hydrogens (tertiary/aromatic N) is 3. The van der Waals surface area contributed by atoms with Gasteiger partial charge in [-0.1, -0.05) is 35.4 Å². The highest BCUT2D eigenvalue weighted by molar-refractivity contribution is 7.86. The standard InChI is InChI=1S/C15H19N3O6S/c1-21-15-12(17-18-16)14(24-25(2,19)20)13-11(23-15)8-10(22-13)9-6-4-3-5-7-9/h3-7,10-15H,8H2,1-2H3. The SMILES string of the molecule is COC1OC2CC(c3ccccc3)OC2C(OS(C)(=O)=O)C1N=[N+]=[N-]. The van der Waals surface area contributed by atoms with Gasteiger partial charge < -0.3 is 14.2 Å². The number of azide groups is 1. The van der Waals surface area contributed by atoms with Crippen LogP contribution in [0.1, 0.15) is 18.1 Å². The third-order valence-corrected chi connectivity index (χ3v) is 4.83. The van der Waals surface area contributed by atoms with Gasteiger partial charge in [-0.3, -0.25) is 4.18 Å². The van der Waals surface area contributed by atoms with Gasteiger partial charge in [-0.2, -0.15) is 8.42 Å². The Morgan fingerprint density at radius 2 is 2.00 bits per heavy atom. The molecule has 6 unspecified atom stereocenters. The van der Waals surface area contributed by atoms with Crippen molar-refractivity contribution in [3.05, 3.63) is 46.3 Å². The van der Waals surface area contributed by atoms with Gasteiger partial charge in [0.2, 0.25) is 0 Å². The van der Waals surface area contributed by atoms with Crippen LogP contribution in [-0.4, -0.2) is 52.4 Å². The van der Waals surface area contributed by atoms with E-state index in [0.29, 0.717) is 6.42 Å². The molecular weight excluding hydrogens is 350 g/mol. The summed E-state index contributed by atoms with van der Waals surface area (Å²) in [5.74, 6) is 0. The van der Waals surface area contributed by atoms with Crippen molar-refractivity contribution < 1.29 is 26.8 Å². The summed E-state index contributed by atoms with van der Waals surface area (Å²) in [4.78, 5) is 2.76. The highest BCUT2D eigenvalue weighted by atomic mass is 32.2. The van der Waals surface area contributed by atoms with Gasteiger partial charge in [0.05, 0.1) is 18.5 Å². The molecule has 25 heavy (non-hydrogen) atoms. The van der Waals surface area contributed by atoms with Crippen LogP contribution >= 0.6 is 0 Å². The number of benzene rings is 1. The molecule has 0 aromatic heterocycles. The van der Waals surface area contributed by atoms with Crippen LogP contribution in [0.3, 0.4) is 0 Å². The van der Waals surface area contributed by atoms with Crippen molar-refractivity contribution in [2.75, 3.05) is 13.4 Å². The predicted molar refractivity (Wildman–Crippen MR) is 87.0 cm³/mol. The Labute approximate surface area is 145 Å². The first kappa shape index (κ1) is 18.1. The van der Waals surface area contributed by atoms with Crippen molar-refractivity contribution in [1.82, 2.24) is 0 Å². The molecule has 0 spiro atoms. The second-order valence-corrected chi connectivity index (χ2v) is 7.58. The first-order valence-electron chi connectivity index (χ1n) is 7.74. The molecule has 3 rings (SSSR count). The van der Waals surface area contributed by atoms with E-state index < -0.39 is 40.8 Å².